The van der Waals surface area contributed by atoms with E-state index < -0.39 is 0 Å². The molecule has 0 aromatic heterocycles. The maximum Gasteiger partial charge on any atom is 0.163 e. The van der Waals surface area contributed by atoms with Crippen molar-refractivity contribution in [1.29, 1.82) is 0 Å². The number of rotatable bonds is 10. The van der Waals surface area contributed by atoms with Crippen LogP contribution in [0.5, 0.6) is 11.5 Å². The van der Waals surface area contributed by atoms with Gasteiger partial charge in [0.2, 0.25) is 0 Å². The first-order valence-electron chi connectivity index (χ1n) is 8.48. The van der Waals surface area contributed by atoms with Crippen LogP contribution in [0.15, 0.2) is 42.5 Å². The molecule has 0 unspecified atom stereocenters. The maximum absolute atomic E-state index is 6.40. The Morgan fingerprint density at radius 3 is 2.54 bits per heavy atom. The molecular formula is C20H26ClNO2. The smallest absolute Gasteiger partial charge is 0.163 e. The first-order chi connectivity index (χ1) is 11.7. The number of unbranched alkanes of at least 4 members (excludes halogenated alkanes) is 2. The molecule has 2 rings (SSSR count). The molecule has 0 atom stereocenters. The molecule has 0 bridgehead atoms. The lowest BCUT2D eigenvalue weighted by Crippen LogP contribution is -2.15. The summed E-state index contributed by atoms with van der Waals surface area (Å²) >= 11 is 6.40. The fraction of sp³-hybridized carbons (Fsp3) is 0.400. The zero-order valence-corrected chi connectivity index (χ0v) is 15.2. The molecule has 130 valence electrons. The van der Waals surface area contributed by atoms with E-state index in [9.17, 15) is 0 Å². The van der Waals surface area contributed by atoms with E-state index in [0.717, 1.165) is 24.2 Å². The molecule has 24 heavy (non-hydrogen) atoms. The second-order valence-corrected chi connectivity index (χ2v) is 6.16. The first kappa shape index (κ1) is 18.6. The number of ether oxygens (including phenoxy) is 2. The zero-order valence-electron chi connectivity index (χ0n) is 14.5. The third-order valence-electron chi connectivity index (χ3n) is 3.84. The summed E-state index contributed by atoms with van der Waals surface area (Å²) in [5, 5.41) is 4.12. The lowest BCUT2D eigenvalue weighted by Gasteiger charge is -2.14. The molecular weight excluding hydrogens is 322 g/mol. The maximum atomic E-state index is 6.40. The number of hydrogen-bond acceptors (Lipinski definition) is 3. The Balaban J connectivity index is 1.98. The van der Waals surface area contributed by atoms with Crippen molar-refractivity contribution in [1.82, 2.24) is 5.32 Å². The second-order valence-electron chi connectivity index (χ2n) is 5.75. The monoisotopic (exact) mass is 347 g/mol. The minimum Gasteiger partial charge on any atom is -0.493 e. The summed E-state index contributed by atoms with van der Waals surface area (Å²) < 4.78 is 11.3. The lowest BCUT2D eigenvalue weighted by atomic mass is 10.2. The van der Waals surface area contributed by atoms with E-state index in [-0.39, 0.29) is 0 Å². The van der Waals surface area contributed by atoms with Gasteiger partial charge >= 0.3 is 0 Å². The van der Waals surface area contributed by atoms with Gasteiger partial charge in [-0.05, 0) is 30.2 Å². The summed E-state index contributed by atoms with van der Waals surface area (Å²) in [7, 11) is 1.65. The lowest BCUT2D eigenvalue weighted by molar-refractivity contribution is 0.284. The highest BCUT2D eigenvalue weighted by atomic mass is 35.5. The SMILES string of the molecule is CCCCCNCc1cc(OC)c(OCc2ccccc2)cc1Cl. The molecule has 2 aromatic carbocycles. The van der Waals surface area contributed by atoms with Gasteiger partial charge in [0.25, 0.3) is 0 Å². The first-order valence-corrected chi connectivity index (χ1v) is 8.86. The molecule has 1 N–H and O–H groups in total. The van der Waals surface area contributed by atoms with Gasteiger partial charge in [-0.15, -0.1) is 0 Å². The Morgan fingerprint density at radius 2 is 1.83 bits per heavy atom. The molecule has 0 heterocycles. The summed E-state index contributed by atoms with van der Waals surface area (Å²) in [6.07, 6.45) is 3.66. The van der Waals surface area contributed by atoms with Gasteiger partial charge in [0.1, 0.15) is 6.61 Å². The van der Waals surface area contributed by atoms with E-state index in [4.69, 9.17) is 21.1 Å². The summed E-state index contributed by atoms with van der Waals surface area (Å²) in [5.74, 6) is 1.38. The zero-order chi connectivity index (χ0) is 17.2. The van der Waals surface area contributed by atoms with E-state index in [2.05, 4.69) is 12.2 Å². The summed E-state index contributed by atoms with van der Waals surface area (Å²) in [6, 6.07) is 13.8. The van der Waals surface area contributed by atoms with Gasteiger partial charge in [0.15, 0.2) is 11.5 Å². The van der Waals surface area contributed by atoms with Crippen molar-refractivity contribution in [3.8, 4) is 11.5 Å². The van der Waals surface area contributed by atoms with Crippen LogP contribution in [-0.4, -0.2) is 13.7 Å². The van der Waals surface area contributed by atoms with E-state index in [1.165, 1.54) is 19.3 Å². The third-order valence-corrected chi connectivity index (χ3v) is 4.19. The van der Waals surface area contributed by atoms with Crippen LogP contribution >= 0.6 is 11.6 Å². The second kappa shape index (κ2) is 10.2. The Hall–Kier alpha value is -1.71. The highest BCUT2D eigenvalue weighted by molar-refractivity contribution is 6.31. The number of hydrogen-bond donors (Lipinski definition) is 1. The Bertz CT molecular complexity index is 617. The number of nitrogens with one attached hydrogen (secondary N) is 1. The predicted octanol–water partition coefficient (Wildman–Crippen LogP) is 5.21. The molecule has 0 radical (unpaired) electrons. The Kier molecular flexibility index (Phi) is 7.93. The Labute approximate surface area is 149 Å². The van der Waals surface area contributed by atoms with Crippen LogP contribution in [0.3, 0.4) is 0 Å². The van der Waals surface area contributed by atoms with E-state index in [1.807, 2.05) is 42.5 Å². The van der Waals surface area contributed by atoms with Crippen molar-refractivity contribution in [2.75, 3.05) is 13.7 Å². The van der Waals surface area contributed by atoms with Crippen LogP contribution in [-0.2, 0) is 13.2 Å². The molecule has 0 saturated heterocycles. The minimum atomic E-state index is 0.488. The summed E-state index contributed by atoms with van der Waals surface area (Å²) in [5.41, 5.74) is 2.13. The summed E-state index contributed by atoms with van der Waals surface area (Å²) in [6.45, 7) is 4.43. The molecule has 0 spiro atoms. The van der Waals surface area contributed by atoms with Crippen LogP contribution in [0.25, 0.3) is 0 Å². The molecule has 4 heteroatoms. The van der Waals surface area contributed by atoms with Crippen molar-refractivity contribution in [3.05, 3.63) is 58.6 Å². The molecule has 0 fully saturated rings. The molecule has 0 aliphatic rings. The van der Waals surface area contributed by atoms with Gasteiger partial charge < -0.3 is 14.8 Å². The van der Waals surface area contributed by atoms with Crippen LogP contribution in [0.1, 0.15) is 37.3 Å². The van der Waals surface area contributed by atoms with E-state index in [1.54, 1.807) is 7.11 Å². The molecule has 2 aromatic rings. The van der Waals surface area contributed by atoms with Crippen LogP contribution < -0.4 is 14.8 Å². The molecule has 0 aliphatic heterocycles. The van der Waals surface area contributed by atoms with Crippen LogP contribution in [0.2, 0.25) is 5.02 Å². The van der Waals surface area contributed by atoms with Gasteiger partial charge in [0.05, 0.1) is 7.11 Å². The molecule has 0 amide bonds. The highest BCUT2D eigenvalue weighted by Gasteiger charge is 2.11. The largest absolute Gasteiger partial charge is 0.493 e. The van der Waals surface area contributed by atoms with E-state index in [0.29, 0.717) is 23.1 Å². The topological polar surface area (TPSA) is 30.5 Å². The van der Waals surface area contributed by atoms with Gasteiger partial charge in [-0.2, -0.15) is 0 Å². The van der Waals surface area contributed by atoms with E-state index >= 15 is 0 Å². The van der Waals surface area contributed by atoms with Gasteiger partial charge in [-0.3, -0.25) is 0 Å². The van der Waals surface area contributed by atoms with Crippen molar-refractivity contribution in [3.63, 3.8) is 0 Å². The Morgan fingerprint density at radius 1 is 1.04 bits per heavy atom. The molecule has 3 nitrogen and oxygen atoms in total. The van der Waals surface area contributed by atoms with Crippen LogP contribution in [0.4, 0.5) is 0 Å². The average molecular weight is 348 g/mol. The van der Waals surface area contributed by atoms with Crippen molar-refractivity contribution < 1.29 is 9.47 Å². The summed E-state index contributed by atoms with van der Waals surface area (Å²) in [4.78, 5) is 0. The quantitative estimate of drug-likeness (QED) is 0.598. The fourth-order valence-electron chi connectivity index (χ4n) is 2.44. The molecule has 0 aliphatic carbocycles. The van der Waals surface area contributed by atoms with Gasteiger partial charge in [0, 0.05) is 17.6 Å². The molecule has 0 saturated carbocycles. The number of benzene rings is 2. The predicted molar refractivity (Wildman–Crippen MR) is 100 cm³/mol. The third kappa shape index (κ3) is 5.73. The van der Waals surface area contributed by atoms with Crippen LogP contribution in [0, 0.1) is 0 Å². The normalized spacial score (nSPS) is 10.6. The fourth-order valence-corrected chi connectivity index (χ4v) is 2.66. The van der Waals surface area contributed by atoms with Gasteiger partial charge in [-0.25, -0.2) is 0 Å². The minimum absolute atomic E-state index is 0.488. The standard InChI is InChI=1S/C20H26ClNO2/c1-3-4-8-11-22-14-17-12-19(23-2)20(13-18(17)21)24-15-16-9-6-5-7-10-16/h5-7,9-10,12-13,22H,3-4,8,11,14-15H2,1-2H3. The van der Waals surface area contributed by atoms with Crippen molar-refractivity contribution in [2.45, 2.75) is 39.3 Å². The van der Waals surface area contributed by atoms with Crippen molar-refractivity contribution in [2.24, 2.45) is 0 Å². The number of halogens is 1. The van der Waals surface area contributed by atoms with Gasteiger partial charge in [-0.1, -0.05) is 61.7 Å². The van der Waals surface area contributed by atoms with Crippen molar-refractivity contribution >= 4 is 11.6 Å². The number of methoxy groups -OCH3 is 1. The average Bonchev–Trinajstić information content (AvgIpc) is 2.62. The highest BCUT2D eigenvalue weighted by Crippen LogP contribution is 2.33.